The lowest BCUT2D eigenvalue weighted by Gasteiger charge is -2.25. The van der Waals surface area contributed by atoms with Crippen molar-refractivity contribution in [3.63, 3.8) is 0 Å². The number of rotatable bonds is 3. The normalized spacial score (nSPS) is 18.0. The van der Waals surface area contributed by atoms with Gasteiger partial charge in [0.2, 0.25) is 5.89 Å². The summed E-state index contributed by atoms with van der Waals surface area (Å²) in [4.78, 5) is 11.5. The third-order valence-corrected chi connectivity index (χ3v) is 4.99. The van der Waals surface area contributed by atoms with Crippen LogP contribution in [0.5, 0.6) is 0 Å². The molecule has 4 rings (SSSR count). The van der Waals surface area contributed by atoms with Gasteiger partial charge in [-0.05, 0) is 37.1 Å². The second-order valence-electron chi connectivity index (χ2n) is 6.49. The van der Waals surface area contributed by atoms with Crippen LogP contribution in [0, 0.1) is 0 Å². The Morgan fingerprint density at radius 3 is 2.96 bits per heavy atom. The van der Waals surface area contributed by atoms with Crippen molar-refractivity contribution >= 4 is 32.5 Å². The van der Waals surface area contributed by atoms with E-state index in [1.807, 2.05) is 6.20 Å². The first-order valence-corrected chi connectivity index (χ1v) is 9.07. The summed E-state index contributed by atoms with van der Waals surface area (Å²) in [7, 11) is 0. The zero-order chi connectivity index (χ0) is 16.7. The molecule has 124 valence electrons. The molecule has 24 heavy (non-hydrogen) atoms. The van der Waals surface area contributed by atoms with Crippen LogP contribution in [0.3, 0.4) is 0 Å². The number of halogens is 1. The van der Waals surface area contributed by atoms with Crippen LogP contribution >= 0.6 is 15.9 Å². The van der Waals surface area contributed by atoms with E-state index in [9.17, 15) is 0 Å². The van der Waals surface area contributed by atoms with Crippen LogP contribution in [0.1, 0.15) is 50.4 Å². The largest absolute Gasteiger partial charge is 0.361 e. The molecule has 1 aliphatic rings. The molecule has 0 radical (unpaired) electrons. The van der Waals surface area contributed by atoms with Gasteiger partial charge in [0.1, 0.15) is 0 Å². The molecule has 2 aromatic heterocycles. The molecule has 0 saturated carbocycles. The lowest BCUT2D eigenvalue weighted by Crippen LogP contribution is -2.23. The van der Waals surface area contributed by atoms with Gasteiger partial charge in [-0.15, -0.1) is 0 Å². The molecule has 3 aromatic rings. The first-order valence-electron chi connectivity index (χ1n) is 8.28. The van der Waals surface area contributed by atoms with Gasteiger partial charge in [-0.25, -0.2) is 0 Å². The van der Waals surface area contributed by atoms with E-state index in [4.69, 9.17) is 4.52 Å². The molecule has 0 N–H and O–H groups in total. The lowest BCUT2D eigenvalue weighted by molar-refractivity contribution is 0.358. The Morgan fingerprint density at radius 1 is 1.29 bits per heavy atom. The van der Waals surface area contributed by atoms with Gasteiger partial charge in [0.05, 0.1) is 11.6 Å². The second kappa shape index (κ2) is 6.16. The highest BCUT2D eigenvalue weighted by Gasteiger charge is 2.31. The van der Waals surface area contributed by atoms with Crippen molar-refractivity contribution in [3.8, 4) is 0 Å². The summed E-state index contributed by atoms with van der Waals surface area (Å²) in [5.41, 5.74) is 2.18. The maximum absolute atomic E-state index is 5.42. The molecule has 1 aromatic carbocycles. The second-order valence-corrected chi connectivity index (χ2v) is 7.40. The molecule has 0 aliphatic carbocycles. The quantitative estimate of drug-likeness (QED) is 0.643. The third kappa shape index (κ3) is 2.69. The Kier molecular flexibility index (Phi) is 4.00. The van der Waals surface area contributed by atoms with Gasteiger partial charge >= 0.3 is 0 Å². The van der Waals surface area contributed by atoms with E-state index in [0.29, 0.717) is 5.89 Å². The number of anilines is 1. The van der Waals surface area contributed by atoms with E-state index in [2.05, 4.69) is 74.1 Å². The molecule has 6 heteroatoms. The molecular weight excluding hydrogens is 368 g/mol. The molecule has 0 amide bonds. The summed E-state index contributed by atoms with van der Waals surface area (Å²) in [6, 6.07) is 8.47. The Labute approximate surface area is 149 Å². The fourth-order valence-corrected chi connectivity index (χ4v) is 3.65. The van der Waals surface area contributed by atoms with E-state index in [1.165, 1.54) is 5.69 Å². The van der Waals surface area contributed by atoms with Crippen LogP contribution < -0.4 is 4.90 Å². The van der Waals surface area contributed by atoms with E-state index in [1.54, 1.807) is 0 Å². The molecule has 1 unspecified atom stereocenters. The topological polar surface area (TPSA) is 55.1 Å². The van der Waals surface area contributed by atoms with Crippen LogP contribution in [-0.4, -0.2) is 21.7 Å². The molecule has 3 heterocycles. The molecule has 1 saturated heterocycles. The maximum Gasteiger partial charge on any atom is 0.229 e. The van der Waals surface area contributed by atoms with Gasteiger partial charge in [-0.3, -0.25) is 4.98 Å². The minimum absolute atomic E-state index is 0.162. The van der Waals surface area contributed by atoms with Crippen molar-refractivity contribution in [3.05, 3.63) is 46.7 Å². The van der Waals surface area contributed by atoms with Gasteiger partial charge in [-0.2, -0.15) is 4.98 Å². The highest BCUT2D eigenvalue weighted by Crippen LogP contribution is 2.38. The number of pyridine rings is 1. The zero-order valence-corrected chi connectivity index (χ0v) is 15.3. The van der Waals surface area contributed by atoms with Crippen molar-refractivity contribution in [1.29, 1.82) is 0 Å². The van der Waals surface area contributed by atoms with Crippen molar-refractivity contribution in [2.75, 3.05) is 11.4 Å². The van der Waals surface area contributed by atoms with Gasteiger partial charge in [-0.1, -0.05) is 34.9 Å². The average Bonchev–Trinajstić information content (AvgIpc) is 3.22. The summed E-state index contributed by atoms with van der Waals surface area (Å²) >= 11 is 3.52. The highest BCUT2D eigenvalue weighted by atomic mass is 79.9. The Hall–Kier alpha value is -1.95. The summed E-state index contributed by atoms with van der Waals surface area (Å²) in [6.45, 7) is 5.13. The van der Waals surface area contributed by atoms with E-state index < -0.39 is 0 Å². The monoisotopic (exact) mass is 386 g/mol. The van der Waals surface area contributed by atoms with Crippen molar-refractivity contribution in [2.24, 2.45) is 0 Å². The molecule has 1 atom stereocenters. The highest BCUT2D eigenvalue weighted by molar-refractivity contribution is 9.10. The number of nitrogens with zero attached hydrogens (tertiary/aromatic N) is 4. The van der Waals surface area contributed by atoms with Crippen molar-refractivity contribution in [2.45, 2.75) is 38.6 Å². The van der Waals surface area contributed by atoms with Crippen LogP contribution in [-0.2, 0) is 0 Å². The van der Waals surface area contributed by atoms with Gasteiger partial charge in [0.15, 0.2) is 5.82 Å². The summed E-state index contributed by atoms with van der Waals surface area (Å²) in [5, 5.41) is 5.39. The van der Waals surface area contributed by atoms with Gasteiger partial charge < -0.3 is 9.42 Å². The first kappa shape index (κ1) is 15.6. The van der Waals surface area contributed by atoms with Crippen molar-refractivity contribution < 1.29 is 4.52 Å². The fraction of sp³-hybridized carbons (Fsp3) is 0.389. The Morgan fingerprint density at radius 2 is 2.17 bits per heavy atom. The first-order chi connectivity index (χ1) is 11.6. The summed E-state index contributed by atoms with van der Waals surface area (Å²) in [6.07, 6.45) is 4.03. The number of hydrogen-bond donors (Lipinski definition) is 0. The molecule has 0 spiro atoms. The van der Waals surface area contributed by atoms with Crippen LogP contribution in [0.15, 0.2) is 39.5 Å². The van der Waals surface area contributed by atoms with E-state index in [-0.39, 0.29) is 12.0 Å². The minimum Gasteiger partial charge on any atom is -0.361 e. The number of hydrogen-bond acceptors (Lipinski definition) is 5. The fourth-order valence-electron chi connectivity index (χ4n) is 3.30. The van der Waals surface area contributed by atoms with Crippen LogP contribution in [0.4, 0.5) is 5.69 Å². The van der Waals surface area contributed by atoms with Crippen LogP contribution in [0.25, 0.3) is 10.9 Å². The molecule has 0 bridgehead atoms. The Balaban J connectivity index is 1.75. The lowest BCUT2D eigenvalue weighted by atomic mass is 10.1. The predicted molar refractivity (Wildman–Crippen MR) is 97.2 cm³/mol. The van der Waals surface area contributed by atoms with Crippen LogP contribution in [0.2, 0.25) is 0 Å². The Bertz CT molecular complexity index is 876. The van der Waals surface area contributed by atoms with Gasteiger partial charge in [0, 0.05) is 34.2 Å². The third-order valence-electron chi connectivity index (χ3n) is 4.49. The smallest absolute Gasteiger partial charge is 0.229 e. The predicted octanol–water partition coefficient (Wildman–Crippen LogP) is 4.85. The standard InChI is InChI=1S/C18H19BrN4O/c1-11(2)18-21-17(22-24-18)16-4-3-9-23(16)15-7-8-20-14-10-12(19)5-6-13(14)15/h5-8,10-11,16H,3-4,9H2,1-2H3. The SMILES string of the molecule is CC(C)c1nc(C2CCCN2c2ccnc3cc(Br)ccc23)no1. The number of benzene rings is 1. The van der Waals surface area contributed by atoms with Crippen molar-refractivity contribution in [1.82, 2.24) is 15.1 Å². The molecule has 1 aliphatic heterocycles. The minimum atomic E-state index is 0.162. The molecule has 1 fully saturated rings. The number of fused-ring (bicyclic) bond motifs is 1. The zero-order valence-electron chi connectivity index (χ0n) is 13.7. The van der Waals surface area contributed by atoms with Gasteiger partial charge in [0.25, 0.3) is 0 Å². The average molecular weight is 387 g/mol. The maximum atomic E-state index is 5.42. The number of aromatic nitrogens is 3. The molecule has 5 nitrogen and oxygen atoms in total. The summed E-state index contributed by atoms with van der Waals surface area (Å²) in [5.74, 6) is 1.75. The molecular formula is C18H19BrN4O. The van der Waals surface area contributed by atoms with E-state index in [0.717, 1.165) is 40.6 Å². The van der Waals surface area contributed by atoms with E-state index >= 15 is 0 Å². The summed E-state index contributed by atoms with van der Waals surface area (Å²) < 4.78 is 6.46.